The minimum atomic E-state index is -0.903. The first-order valence-electron chi connectivity index (χ1n) is 15.8. The summed E-state index contributed by atoms with van der Waals surface area (Å²) < 4.78 is 21.7. The van der Waals surface area contributed by atoms with Gasteiger partial charge in [-0.2, -0.15) is 0 Å². The summed E-state index contributed by atoms with van der Waals surface area (Å²) in [7, 11) is 0. The molecule has 0 aliphatic rings. The van der Waals surface area contributed by atoms with Gasteiger partial charge in [0, 0.05) is 19.6 Å². The van der Waals surface area contributed by atoms with Crippen molar-refractivity contribution in [2.75, 3.05) is 19.6 Å². The van der Waals surface area contributed by atoms with Crippen LogP contribution in [0, 0.1) is 0 Å². The predicted octanol–water partition coefficient (Wildman–Crippen LogP) is 6.74. The molecular formula is C35H51N3O8. The number of esters is 1. The summed E-state index contributed by atoms with van der Waals surface area (Å²) in [4.78, 5) is 52.0. The first-order chi connectivity index (χ1) is 21.7. The Balaban J connectivity index is 1.89. The summed E-state index contributed by atoms with van der Waals surface area (Å²) in [6.07, 6.45) is 0.986. The van der Waals surface area contributed by atoms with Crippen LogP contribution in [0.15, 0.2) is 60.7 Å². The molecule has 0 saturated heterocycles. The molecule has 11 nitrogen and oxygen atoms in total. The van der Waals surface area contributed by atoms with Crippen LogP contribution in [0.3, 0.4) is 0 Å². The van der Waals surface area contributed by atoms with Gasteiger partial charge in [-0.3, -0.25) is 0 Å². The molecular weight excluding hydrogens is 590 g/mol. The lowest BCUT2D eigenvalue weighted by molar-refractivity contribution is -0.157. The van der Waals surface area contributed by atoms with Gasteiger partial charge in [0.15, 0.2) is 0 Å². The number of amides is 3. The van der Waals surface area contributed by atoms with Gasteiger partial charge in [-0.15, -0.1) is 0 Å². The van der Waals surface area contributed by atoms with Gasteiger partial charge in [0.05, 0.1) is 0 Å². The Labute approximate surface area is 273 Å². The highest BCUT2D eigenvalue weighted by atomic mass is 16.6. The Morgan fingerprint density at radius 3 is 1.74 bits per heavy atom. The third-order valence-electron chi connectivity index (χ3n) is 6.35. The number of ether oxygens (including phenoxy) is 4. The average molecular weight is 642 g/mol. The van der Waals surface area contributed by atoms with Crippen molar-refractivity contribution in [2.45, 2.75) is 104 Å². The summed E-state index contributed by atoms with van der Waals surface area (Å²) in [5, 5.41) is 5.37. The molecule has 0 aliphatic carbocycles. The summed E-state index contributed by atoms with van der Waals surface area (Å²) in [6.45, 7) is 12.0. The van der Waals surface area contributed by atoms with Crippen LogP contribution in [-0.4, -0.2) is 66.0 Å². The molecule has 3 amide bonds. The van der Waals surface area contributed by atoms with E-state index >= 15 is 0 Å². The predicted molar refractivity (Wildman–Crippen MR) is 175 cm³/mol. The van der Waals surface area contributed by atoms with Crippen LogP contribution >= 0.6 is 0 Å². The summed E-state index contributed by atoms with van der Waals surface area (Å²) in [6, 6.07) is 17.9. The molecule has 2 rings (SSSR count). The van der Waals surface area contributed by atoms with Gasteiger partial charge in [0.1, 0.15) is 30.5 Å². The van der Waals surface area contributed by atoms with Crippen molar-refractivity contribution in [1.82, 2.24) is 15.5 Å². The van der Waals surface area contributed by atoms with Gasteiger partial charge < -0.3 is 34.5 Å². The zero-order valence-corrected chi connectivity index (χ0v) is 28.1. The molecule has 0 bridgehead atoms. The molecule has 2 aromatic rings. The summed E-state index contributed by atoms with van der Waals surface area (Å²) in [5.41, 5.74) is 0.335. The smallest absolute Gasteiger partial charge is 0.410 e. The number of carbonyl (C=O) groups excluding carboxylic acids is 4. The van der Waals surface area contributed by atoms with Gasteiger partial charge >= 0.3 is 24.2 Å². The topological polar surface area (TPSA) is 132 Å². The maximum absolute atomic E-state index is 13.0. The highest BCUT2D eigenvalue weighted by Crippen LogP contribution is 2.14. The van der Waals surface area contributed by atoms with Crippen molar-refractivity contribution >= 4 is 24.2 Å². The van der Waals surface area contributed by atoms with Crippen LogP contribution in [0.25, 0.3) is 0 Å². The molecule has 1 atom stereocenters. The van der Waals surface area contributed by atoms with Crippen LogP contribution in [0.4, 0.5) is 14.4 Å². The van der Waals surface area contributed by atoms with Gasteiger partial charge in [-0.05, 0) is 84.8 Å². The fourth-order valence-corrected chi connectivity index (χ4v) is 4.22. The molecule has 254 valence electrons. The second-order valence-corrected chi connectivity index (χ2v) is 13.0. The lowest BCUT2D eigenvalue weighted by Crippen LogP contribution is -2.46. The standard InChI is InChI=1S/C35H51N3O8/c1-34(2,3)45-30(39)29(37-32(41)46-35(4,5)6)21-13-15-23-38(33(42)44-26-28-19-11-8-12-20-28)24-16-14-22-36-31(40)43-25-27-17-9-7-10-18-27/h7-12,17-20,29H,13-16,21-26H2,1-6H3,(H,36,40)(H,37,41)/t29-/m0/s1. The van der Waals surface area contributed by atoms with Gasteiger partial charge in [0.2, 0.25) is 0 Å². The second-order valence-electron chi connectivity index (χ2n) is 13.0. The molecule has 0 radical (unpaired) electrons. The molecule has 2 N–H and O–H groups in total. The molecule has 11 heteroatoms. The average Bonchev–Trinajstić information content (AvgIpc) is 2.98. The molecule has 0 fully saturated rings. The Morgan fingerprint density at radius 2 is 1.20 bits per heavy atom. The number of hydrogen-bond donors (Lipinski definition) is 2. The van der Waals surface area contributed by atoms with Crippen molar-refractivity contribution in [3.8, 4) is 0 Å². The van der Waals surface area contributed by atoms with E-state index in [4.69, 9.17) is 18.9 Å². The highest BCUT2D eigenvalue weighted by Gasteiger charge is 2.28. The molecule has 0 aromatic heterocycles. The van der Waals surface area contributed by atoms with Crippen LogP contribution in [-0.2, 0) is 37.0 Å². The first-order valence-corrected chi connectivity index (χ1v) is 15.8. The second kappa shape index (κ2) is 19.3. The Kier molecular flexibility index (Phi) is 15.9. The third kappa shape index (κ3) is 17.3. The fourth-order valence-electron chi connectivity index (χ4n) is 4.22. The maximum atomic E-state index is 13.0. The molecule has 0 aliphatic heterocycles. The van der Waals surface area contributed by atoms with Crippen LogP contribution < -0.4 is 10.6 Å². The highest BCUT2D eigenvalue weighted by molar-refractivity contribution is 5.81. The number of nitrogens with one attached hydrogen (secondary N) is 2. The Morgan fingerprint density at radius 1 is 0.674 bits per heavy atom. The van der Waals surface area contributed by atoms with Crippen molar-refractivity contribution in [1.29, 1.82) is 0 Å². The van der Waals surface area contributed by atoms with E-state index in [0.29, 0.717) is 51.7 Å². The maximum Gasteiger partial charge on any atom is 0.410 e. The van der Waals surface area contributed by atoms with Crippen LogP contribution in [0.2, 0.25) is 0 Å². The van der Waals surface area contributed by atoms with Gasteiger partial charge in [-0.25, -0.2) is 19.2 Å². The zero-order valence-electron chi connectivity index (χ0n) is 28.1. The van der Waals surface area contributed by atoms with Crippen molar-refractivity contribution in [2.24, 2.45) is 0 Å². The molecule has 0 saturated carbocycles. The summed E-state index contributed by atoms with van der Waals surface area (Å²) >= 11 is 0. The van der Waals surface area contributed by atoms with E-state index in [1.165, 1.54) is 0 Å². The van der Waals surface area contributed by atoms with E-state index in [1.807, 2.05) is 60.7 Å². The van der Waals surface area contributed by atoms with Gasteiger partial charge in [-0.1, -0.05) is 60.7 Å². The van der Waals surface area contributed by atoms with E-state index in [1.54, 1.807) is 46.4 Å². The van der Waals surface area contributed by atoms with Crippen LogP contribution in [0.1, 0.15) is 84.8 Å². The van der Waals surface area contributed by atoms with Crippen LogP contribution in [0.5, 0.6) is 0 Å². The minimum Gasteiger partial charge on any atom is -0.458 e. The number of alkyl carbamates (subject to hydrolysis) is 2. The van der Waals surface area contributed by atoms with E-state index in [9.17, 15) is 19.2 Å². The van der Waals surface area contributed by atoms with E-state index < -0.39 is 41.5 Å². The normalized spacial score (nSPS) is 12.0. The largest absolute Gasteiger partial charge is 0.458 e. The SMILES string of the molecule is CC(C)(C)OC(=O)N[C@@H](CCCCN(CCCCNC(=O)OCc1ccccc1)C(=O)OCc1ccccc1)C(=O)OC(C)(C)C. The van der Waals surface area contributed by atoms with E-state index in [2.05, 4.69) is 10.6 Å². The monoisotopic (exact) mass is 641 g/mol. The molecule has 0 spiro atoms. The lowest BCUT2D eigenvalue weighted by Gasteiger charge is -2.26. The lowest BCUT2D eigenvalue weighted by atomic mass is 10.1. The minimum absolute atomic E-state index is 0.144. The van der Waals surface area contributed by atoms with Crippen molar-refractivity contribution < 1.29 is 38.1 Å². The number of carbonyl (C=O) groups is 4. The first kappa shape index (κ1) is 37.9. The Bertz CT molecular complexity index is 1210. The molecule has 0 heterocycles. The molecule has 46 heavy (non-hydrogen) atoms. The van der Waals surface area contributed by atoms with Crippen molar-refractivity contribution in [3.05, 3.63) is 71.8 Å². The van der Waals surface area contributed by atoms with Gasteiger partial charge in [0.25, 0.3) is 0 Å². The number of benzene rings is 2. The summed E-state index contributed by atoms with van der Waals surface area (Å²) in [5.74, 6) is -0.549. The van der Waals surface area contributed by atoms with Crippen molar-refractivity contribution in [3.63, 3.8) is 0 Å². The van der Waals surface area contributed by atoms with E-state index in [0.717, 1.165) is 11.1 Å². The fraction of sp³-hybridized carbons (Fsp3) is 0.543. The molecule has 2 aromatic carbocycles. The number of nitrogens with zero attached hydrogens (tertiary/aromatic N) is 1. The van der Waals surface area contributed by atoms with E-state index in [-0.39, 0.29) is 13.2 Å². The Hall–Kier alpha value is -4.28. The quantitative estimate of drug-likeness (QED) is 0.117. The number of unbranched alkanes of at least 4 members (excludes halogenated alkanes) is 2. The third-order valence-corrected chi connectivity index (χ3v) is 6.35. The molecule has 0 unspecified atom stereocenters. The number of rotatable bonds is 16. The number of hydrogen-bond acceptors (Lipinski definition) is 8. The zero-order chi connectivity index (χ0) is 34.0.